The van der Waals surface area contributed by atoms with Crippen LogP contribution in [0.5, 0.6) is 5.75 Å². The van der Waals surface area contributed by atoms with Crippen molar-refractivity contribution in [1.29, 1.82) is 0 Å². The first-order chi connectivity index (χ1) is 10.1. The lowest BCUT2D eigenvalue weighted by atomic mass is 10.2. The maximum absolute atomic E-state index is 10.7. The van der Waals surface area contributed by atoms with Crippen LogP contribution in [0.1, 0.15) is 25.7 Å². The van der Waals surface area contributed by atoms with Gasteiger partial charge in [-0.05, 0) is 49.7 Å². The largest absolute Gasteiger partial charge is 0.492 e. The quantitative estimate of drug-likeness (QED) is 0.771. The molecular formula is C16H19NO3S. The molecule has 5 heteroatoms. The van der Waals surface area contributed by atoms with Crippen LogP contribution in [-0.2, 0) is 6.54 Å². The maximum atomic E-state index is 10.7. The lowest BCUT2D eigenvalue weighted by Crippen LogP contribution is -2.20. The summed E-state index contributed by atoms with van der Waals surface area (Å²) < 4.78 is 5.56. The Bertz CT molecular complexity index is 585. The van der Waals surface area contributed by atoms with Crippen LogP contribution in [0.2, 0.25) is 0 Å². The topological polar surface area (TPSA) is 58.6 Å². The minimum Gasteiger partial charge on any atom is -0.492 e. The van der Waals surface area contributed by atoms with Gasteiger partial charge in [0.1, 0.15) is 12.4 Å². The lowest BCUT2D eigenvalue weighted by molar-refractivity contribution is 0.0697. The molecule has 21 heavy (non-hydrogen) atoms. The Labute approximate surface area is 128 Å². The van der Waals surface area contributed by atoms with Crippen LogP contribution in [0.4, 0.5) is 0 Å². The molecule has 0 radical (unpaired) electrons. The Balaban J connectivity index is 1.68. The van der Waals surface area contributed by atoms with Gasteiger partial charge in [-0.15, -0.1) is 11.3 Å². The van der Waals surface area contributed by atoms with Gasteiger partial charge < -0.3 is 15.2 Å². The summed E-state index contributed by atoms with van der Waals surface area (Å²) >= 11 is 1.81. The van der Waals surface area contributed by atoms with Gasteiger partial charge in [-0.1, -0.05) is 0 Å². The van der Waals surface area contributed by atoms with Gasteiger partial charge in [0.25, 0.3) is 0 Å². The number of rotatable bonds is 7. The summed E-state index contributed by atoms with van der Waals surface area (Å²) in [5.41, 5.74) is 1.61. The van der Waals surface area contributed by atoms with Gasteiger partial charge in [0.15, 0.2) is 0 Å². The molecule has 0 aliphatic rings. The minimum absolute atomic E-state index is 0.268. The molecule has 0 aliphatic carbocycles. The highest BCUT2D eigenvalue weighted by molar-refractivity contribution is 7.12. The Morgan fingerprint density at radius 2 is 2.00 bits per heavy atom. The summed E-state index contributed by atoms with van der Waals surface area (Å²) in [5.74, 6) is -0.241. The molecule has 0 atom stereocenters. The third kappa shape index (κ3) is 4.58. The van der Waals surface area contributed by atoms with Gasteiger partial charge in [-0.2, -0.15) is 0 Å². The first kappa shape index (κ1) is 15.5. The molecule has 0 spiro atoms. The van der Waals surface area contributed by atoms with Crippen molar-refractivity contribution in [3.63, 3.8) is 0 Å². The van der Waals surface area contributed by atoms with Crippen molar-refractivity contribution in [3.8, 4) is 5.75 Å². The predicted molar refractivity (Wildman–Crippen MR) is 84.4 cm³/mol. The van der Waals surface area contributed by atoms with E-state index in [2.05, 4.69) is 25.2 Å². The summed E-state index contributed by atoms with van der Waals surface area (Å²) in [6.45, 7) is 6.40. The normalized spacial score (nSPS) is 10.6. The summed E-state index contributed by atoms with van der Waals surface area (Å²) in [7, 11) is 0. The van der Waals surface area contributed by atoms with E-state index in [1.165, 1.54) is 15.3 Å². The molecule has 0 amide bonds. The second-order valence-corrected chi connectivity index (χ2v) is 6.15. The zero-order chi connectivity index (χ0) is 15.2. The van der Waals surface area contributed by atoms with Crippen molar-refractivity contribution in [2.45, 2.75) is 20.4 Å². The summed E-state index contributed by atoms with van der Waals surface area (Å²) in [5, 5.41) is 12.1. The number of carbonyl (C=O) groups is 1. The van der Waals surface area contributed by atoms with E-state index in [-0.39, 0.29) is 5.56 Å². The number of thiophene rings is 1. The van der Waals surface area contributed by atoms with E-state index < -0.39 is 5.97 Å². The molecule has 0 bridgehead atoms. The molecule has 1 aromatic heterocycles. The van der Waals surface area contributed by atoms with Crippen LogP contribution >= 0.6 is 11.3 Å². The van der Waals surface area contributed by atoms with Crippen molar-refractivity contribution >= 4 is 17.3 Å². The fourth-order valence-electron chi connectivity index (χ4n) is 1.88. The van der Waals surface area contributed by atoms with Crippen molar-refractivity contribution in [3.05, 3.63) is 51.2 Å². The average Bonchev–Trinajstić information content (AvgIpc) is 2.78. The average molecular weight is 305 g/mol. The molecule has 1 heterocycles. The third-order valence-corrected chi connectivity index (χ3v) is 4.32. The van der Waals surface area contributed by atoms with E-state index in [1.807, 2.05) is 11.3 Å². The molecule has 0 saturated heterocycles. The van der Waals surface area contributed by atoms with Crippen molar-refractivity contribution in [1.82, 2.24) is 5.32 Å². The predicted octanol–water partition coefficient (Wildman–Crippen LogP) is 3.23. The minimum atomic E-state index is -0.926. The number of hydrogen-bond acceptors (Lipinski definition) is 4. The number of carboxylic acid groups (broad SMARTS) is 1. The first-order valence-corrected chi connectivity index (χ1v) is 7.60. The highest BCUT2D eigenvalue weighted by atomic mass is 32.1. The summed E-state index contributed by atoms with van der Waals surface area (Å²) in [4.78, 5) is 13.4. The molecule has 0 aliphatic heterocycles. The first-order valence-electron chi connectivity index (χ1n) is 6.79. The van der Waals surface area contributed by atoms with Gasteiger partial charge in [0, 0.05) is 22.8 Å². The maximum Gasteiger partial charge on any atom is 0.335 e. The SMILES string of the molecule is Cc1cc(CNCCOc2ccc(C(=O)O)cc2)sc1C. The van der Waals surface area contributed by atoms with E-state index in [9.17, 15) is 4.79 Å². The number of carboxylic acids is 1. The smallest absolute Gasteiger partial charge is 0.335 e. The number of aromatic carboxylic acids is 1. The van der Waals surface area contributed by atoms with Gasteiger partial charge in [-0.25, -0.2) is 4.79 Å². The third-order valence-electron chi connectivity index (χ3n) is 3.17. The van der Waals surface area contributed by atoms with Crippen LogP contribution in [0.15, 0.2) is 30.3 Å². The molecule has 0 unspecified atom stereocenters. The van der Waals surface area contributed by atoms with Crippen LogP contribution in [0.3, 0.4) is 0 Å². The summed E-state index contributed by atoms with van der Waals surface area (Å²) in [6, 6.07) is 8.65. The van der Waals surface area contributed by atoms with Crippen LogP contribution in [-0.4, -0.2) is 24.2 Å². The van der Waals surface area contributed by atoms with Crippen molar-refractivity contribution < 1.29 is 14.6 Å². The zero-order valence-corrected chi connectivity index (χ0v) is 13.0. The molecule has 4 nitrogen and oxygen atoms in total. The number of nitrogens with one attached hydrogen (secondary N) is 1. The fourth-order valence-corrected chi connectivity index (χ4v) is 2.91. The van der Waals surface area contributed by atoms with E-state index in [1.54, 1.807) is 24.3 Å². The highest BCUT2D eigenvalue weighted by Crippen LogP contribution is 2.20. The van der Waals surface area contributed by atoms with Gasteiger partial charge in [0.05, 0.1) is 5.56 Å². The zero-order valence-electron chi connectivity index (χ0n) is 12.2. The van der Waals surface area contributed by atoms with E-state index in [0.29, 0.717) is 12.4 Å². The van der Waals surface area contributed by atoms with Crippen molar-refractivity contribution in [2.24, 2.45) is 0 Å². The van der Waals surface area contributed by atoms with E-state index in [0.717, 1.165) is 13.1 Å². The Kier molecular flexibility index (Phi) is 5.36. The molecule has 2 rings (SSSR count). The molecule has 2 aromatic rings. The molecule has 0 saturated carbocycles. The molecule has 2 N–H and O–H groups in total. The van der Waals surface area contributed by atoms with Crippen molar-refractivity contribution in [2.75, 3.05) is 13.2 Å². The van der Waals surface area contributed by atoms with Gasteiger partial charge in [-0.3, -0.25) is 0 Å². The highest BCUT2D eigenvalue weighted by Gasteiger charge is 2.03. The second-order valence-electron chi connectivity index (χ2n) is 4.81. The summed E-state index contributed by atoms with van der Waals surface area (Å²) in [6.07, 6.45) is 0. The molecular weight excluding hydrogens is 286 g/mol. The number of benzene rings is 1. The molecule has 1 aromatic carbocycles. The number of aryl methyl sites for hydroxylation is 2. The molecule has 112 valence electrons. The van der Waals surface area contributed by atoms with Gasteiger partial charge >= 0.3 is 5.97 Å². The number of hydrogen-bond donors (Lipinski definition) is 2. The fraction of sp³-hybridized carbons (Fsp3) is 0.312. The van der Waals surface area contributed by atoms with E-state index >= 15 is 0 Å². The standard InChI is InChI=1S/C16H19NO3S/c1-11-9-15(21-12(11)2)10-17-7-8-20-14-5-3-13(4-6-14)16(18)19/h3-6,9,17H,7-8,10H2,1-2H3,(H,18,19). The van der Waals surface area contributed by atoms with Crippen LogP contribution in [0, 0.1) is 13.8 Å². The second kappa shape index (κ2) is 7.24. The molecule has 0 fully saturated rings. The van der Waals surface area contributed by atoms with Crippen LogP contribution < -0.4 is 10.1 Å². The number of ether oxygens (including phenoxy) is 1. The monoisotopic (exact) mass is 305 g/mol. The van der Waals surface area contributed by atoms with Crippen LogP contribution in [0.25, 0.3) is 0 Å². The Hall–Kier alpha value is -1.85. The van der Waals surface area contributed by atoms with Gasteiger partial charge in [0.2, 0.25) is 0 Å². The Morgan fingerprint density at radius 3 is 2.57 bits per heavy atom. The Morgan fingerprint density at radius 1 is 1.29 bits per heavy atom. The lowest BCUT2D eigenvalue weighted by Gasteiger charge is -2.07. The van der Waals surface area contributed by atoms with E-state index in [4.69, 9.17) is 9.84 Å².